The molecule has 2 fully saturated rings. The number of piperidine rings is 1. The Morgan fingerprint density at radius 1 is 1.12 bits per heavy atom. The predicted octanol–water partition coefficient (Wildman–Crippen LogP) is 1.73. The van der Waals surface area contributed by atoms with Crippen LogP contribution in [0.5, 0.6) is 0 Å². The molecule has 4 heterocycles. The van der Waals surface area contributed by atoms with Crippen molar-refractivity contribution in [2.45, 2.75) is 31.0 Å². The number of hydrogen-bond acceptors (Lipinski definition) is 6. The lowest BCUT2D eigenvalue weighted by Crippen LogP contribution is -2.55. The molecule has 0 bridgehead atoms. The average Bonchev–Trinajstić information content (AvgIpc) is 2.96. The first-order chi connectivity index (χ1) is 11.8. The number of rotatable bonds is 3. The van der Waals surface area contributed by atoms with Gasteiger partial charge in [0.05, 0.1) is 17.4 Å². The van der Waals surface area contributed by atoms with Gasteiger partial charge < -0.3 is 10.2 Å². The number of halogens is 1. The van der Waals surface area contributed by atoms with E-state index in [1.54, 1.807) is 0 Å². The van der Waals surface area contributed by atoms with Gasteiger partial charge in [0, 0.05) is 36.0 Å². The number of pyridine rings is 1. The fourth-order valence-corrected chi connectivity index (χ4v) is 4.22. The summed E-state index contributed by atoms with van der Waals surface area (Å²) in [4.78, 5) is 16.0. The molecule has 2 aliphatic heterocycles. The molecule has 1 spiro atoms. The Bertz CT molecular complexity index is 688. The lowest BCUT2D eigenvalue weighted by atomic mass is 9.87. The van der Waals surface area contributed by atoms with E-state index >= 15 is 0 Å². The largest absolute Gasteiger partial charge is 0.318 e. The van der Waals surface area contributed by atoms with Crippen molar-refractivity contribution in [2.24, 2.45) is 0 Å². The lowest BCUT2D eigenvalue weighted by Gasteiger charge is -2.42. The molecular formula is C17H21BrN6. The van der Waals surface area contributed by atoms with Crippen molar-refractivity contribution in [1.82, 2.24) is 25.6 Å². The zero-order valence-corrected chi connectivity index (χ0v) is 15.0. The quantitative estimate of drug-likeness (QED) is 0.834. The molecule has 1 unspecified atom stereocenters. The molecule has 2 aromatic heterocycles. The smallest absolute Gasteiger partial charge is 0.227 e. The molecule has 24 heavy (non-hydrogen) atoms. The van der Waals surface area contributed by atoms with Gasteiger partial charge in [0.2, 0.25) is 5.95 Å². The molecule has 6 nitrogen and oxygen atoms in total. The van der Waals surface area contributed by atoms with Gasteiger partial charge in [-0.3, -0.25) is 10.3 Å². The summed E-state index contributed by atoms with van der Waals surface area (Å²) in [5.74, 6) is 0.807. The maximum Gasteiger partial charge on any atom is 0.227 e. The second kappa shape index (κ2) is 6.74. The molecule has 0 saturated carbocycles. The summed E-state index contributed by atoms with van der Waals surface area (Å²) >= 11 is 3.62. The van der Waals surface area contributed by atoms with Gasteiger partial charge in [0.1, 0.15) is 0 Å². The molecule has 1 atom stereocenters. The van der Waals surface area contributed by atoms with E-state index in [0.29, 0.717) is 0 Å². The molecule has 2 saturated heterocycles. The van der Waals surface area contributed by atoms with E-state index in [0.717, 1.165) is 55.0 Å². The first-order valence-corrected chi connectivity index (χ1v) is 9.18. The van der Waals surface area contributed by atoms with Gasteiger partial charge in [0.15, 0.2) is 0 Å². The predicted molar refractivity (Wildman–Crippen MR) is 96.8 cm³/mol. The van der Waals surface area contributed by atoms with E-state index in [2.05, 4.69) is 46.4 Å². The molecule has 0 amide bonds. The van der Waals surface area contributed by atoms with Crippen LogP contribution in [0.4, 0.5) is 5.95 Å². The van der Waals surface area contributed by atoms with Crippen LogP contribution in [0, 0.1) is 0 Å². The van der Waals surface area contributed by atoms with Crippen LogP contribution in [0.1, 0.15) is 18.5 Å². The summed E-state index contributed by atoms with van der Waals surface area (Å²) in [5.41, 5.74) is 1.14. The lowest BCUT2D eigenvalue weighted by molar-refractivity contribution is 0.318. The van der Waals surface area contributed by atoms with Crippen molar-refractivity contribution < 1.29 is 0 Å². The number of hydrogen-bond donors (Lipinski definition) is 2. The van der Waals surface area contributed by atoms with Gasteiger partial charge in [-0.15, -0.1) is 0 Å². The van der Waals surface area contributed by atoms with Crippen molar-refractivity contribution in [3.05, 3.63) is 47.0 Å². The molecule has 126 valence electrons. The van der Waals surface area contributed by atoms with Gasteiger partial charge in [-0.2, -0.15) is 0 Å². The van der Waals surface area contributed by atoms with E-state index < -0.39 is 0 Å². The minimum atomic E-state index is 0.0819. The highest BCUT2D eigenvalue weighted by Gasteiger charge is 2.47. The number of nitrogens with zero attached hydrogens (tertiary/aromatic N) is 4. The third-order valence-corrected chi connectivity index (χ3v) is 5.73. The summed E-state index contributed by atoms with van der Waals surface area (Å²) < 4.78 is 1.05. The molecule has 0 aliphatic carbocycles. The average molecular weight is 389 g/mol. The Hall–Kier alpha value is -1.57. The topological polar surface area (TPSA) is 66.0 Å². The Labute approximate surface area is 150 Å². The highest BCUT2D eigenvalue weighted by atomic mass is 79.9. The molecule has 7 heteroatoms. The molecular weight excluding hydrogens is 368 g/mol. The maximum absolute atomic E-state index is 4.55. The fraction of sp³-hybridized carbons (Fsp3) is 0.471. The number of nitrogens with one attached hydrogen (secondary N) is 2. The highest BCUT2D eigenvalue weighted by Crippen LogP contribution is 2.35. The van der Waals surface area contributed by atoms with Crippen molar-refractivity contribution >= 4 is 21.9 Å². The minimum Gasteiger partial charge on any atom is -0.318 e. The third-order valence-electron chi connectivity index (χ3n) is 5.01. The second-order valence-electron chi connectivity index (χ2n) is 6.43. The van der Waals surface area contributed by atoms with Crippen LogP contribution in [0.25, 0.3) is 0 Å². The van der Waals surface area contributed by atoms with Crippen molar-refractivity contribution in [3.8, 4) is 0 Å². The van der Waals surface area contributed by atoms with Crippen LogP contribution in [0.15, 0.2) is 41.3 Å². The molecule has 0 radical (unpaired) electrons. The zero-order chi connectivity index (χ0) is 16.4. The van der Waals surface area contributed by atoms with E-state index in [-0.39, 0.29) is 11.7 Å². The highest BCUT2D eigenvalue weighted by molar-refractivity contribution is 9.10. The molecule has 4 rings (SSSR count). The second-order valence-corrected chi connectivity index (χ2v) is 7.28. The molecule has 0 aromatic carbocycles. The SMILES string of the molecule is Brc1cccnc1CC1NCC2(CCNCC2)N1c1ncccn1. The molecule has 2 aromatic rings. The van der Waals surface area contributed by atoms with Crippen LogP contribution in [0.3, 0.4) is 0 Å². The van der Waals surface area contributed by atoms with Gasteiger partial charge in [-0.1, -0.05) is 0 Å². The van der Waals surface area contributed by atoms with Gasteiger partial charge in [-0.25, -0.2) is 9.97 Å². The van der Waals surface area contributed by atoms with Gasteiger partial charge in [0.25, 0.3) is 0 Å². The van der Waals surface area contributed by atoms with Crippen LogP contribution in [-0.2, 0) is 6.42 Å². The summed E-state index contributed by atoms with van der Waals surface area (Å²) in [6, 6.07) is 5.86. The normalized spacial score (nSPS) is 22.9. The van der Waals surface area contributed by atoms with Crippen molar-refractivity contribution in [1.29, 1.82) is 0 Å². The van der Waals surface area contributed by atoms with Crippen LogP contribution >= 0.6 is 15.9 Å². The minimum absolute atomic E-state index is 0.0819. The summed E-state index contributed by atoms with van der Waals surface area (Å²) in [7, 11) is 0. The first kappa shape index (κ1) is 15.9. The van der Waals surface area contributed by atoms with Gasteiger partial charge >= 0.3 is 0 Å². The van der Waals surface area contributed by atoms with Crippen LogP contribution < -0.4 is 15.5 Å². The fourth-order valence-electron chi connectivity index (χ4n) is 3.81. The Morgan fingerprint density at radius 2 is 1.88 bits per heavy atom. The summed E-state index contributed by atoms with van der Waals surface area (Å²) in [6.07, 6.45) is 8.65. The Kier molecular flexibility index (Phi) is 4.47. The van der Waals surface area contributed by atoms with Crippen LogP contribution in [0.2, 0.25) is 0 Å². The van der Waals surface area contributed by atoms with Gasteiger partial charge in [-0.05, 0) is 60.1 Å². The standard InChI is InChI=1S/C17H21BrN6/c18-13-3-1-6-20-14(13)11-15-23-12-17(4-9-19-10-5-17)24(15)16-21-7-2-8-22-16/h1-3,6-8,15,19,23H,4-5,9-12H2. The van der Waals surface area contributed by atoms with Crippen molar-refractivity contribution in [2.75, 3.05) is 24.5 Å². The van der Waals surface area contributed by atoms with Crippen LogP contribution in [-0.4, -0.2) is 46.3 Å². The first-order valence-electron chi connectivity index (χ1n) is 8.38. The number of anilines is 1. The van der Waals surface area contributed by atoms with E-state index in [4.69, 9.17) is 0 Å². The number of aromatic nitrogens is 3. The van der Waals surface area contributed by atoms with E-state index in [1.165, 1.54) is 0 Å². The molecule has 2 aliphatic rings. The zero-order valence-electron chi connectivity index (χ0n) is 13.5. The maximum atomic E-state index is 4.55. The summed E-state index contributed by atoms with van der Waals surface area (Å²) in [6.45, 7) is 3.03. The van der Waals surface area contributed by atoms with E-state index in [1.807, 2.05) is 36.8 Å². The van der Waals surface area contributed by atoms with Crippen molar-refractivity contribution in [3.63, 3.8) is 0 Å². The third kappa shape index (κ3) is 2.92. The monoisotopic (exact) mass is 388 g/mol. The van der Waals surface area contributed by atoms with E-state index in [9.17, 15) is 0 Å². The Morgan fingerprint density at radius 3 is 2.62 bits per heavy atom. The molecule has 2 N–H and O–H groups in total. The Balaban J connectivity index is 1.67. The summed E-state index contributed by atoms with van der Waals surface area (Å²) in [5, 5.41) is 7.17.